The van der Waals surface area contributed by atoms with Crippen molar-refractivity contribution in [2.75, 3.05) is 5.32 Å². The summed E-state index contributed by atoms with van der Waals surface area (Å²) in [6.07, 6.45) is 1.70. The Labute approximate surface area is 169 Å². The molecule has 2 aromatic carbocycles. The highest BCUT2D eigenvalue weighted by Gasteiger charge is 2.20. The van der Waals surface area contributed by atoms with Crippen molar-refractivity contribution in [3.63, 3.8) is 0 Å². The van der Waals surface area contributed by atoms with E-state index in [0.29, 0.717) is 17.5 Å². The van der Waals surface area contributed by atoms with Crippen molar-refractivity contribution in [1.82, 2.24) is 15.0 Å². The van der Waals surface area contributed by atoms with E-state index in [1.165, 1.54) is 0 Å². The van der Waals surface area contributed by atoms with E-state index in [1.807, 2.05) is 48.5 Å². The van der Waals surface area contributed by atoms with Crippen LogP contribution in [0.25, 0.3) is 11.0 Å². The summed E-state index contributed by atoms with van der Waals surface area (Å²) in [4.78, 5) is 12.2. The number of nitrogens with one attached hydrogen (secondary N) is 2. The van der Waals surface area contributed by atoms with Crippen molar-refractivity contribution in [3.05, 3.63) is 71.9 Å². The molecule has 0 amide bonds. The molecule has 0 saturated carbocycles. The number of aromatic amines is 1. The molecule has 2 heterocycles. The lowest BCUT2D eigenvalue weighted by Crippen LogP contribution is -2.12. The minimum absolute atomic E-state index is 0.0518. The predicted molar refractivity (Wildman–Crippen MR) is 115 cm³/mol. The topological polar surface area (TPSA) is 83.1 Å². The number of ether oxygens (including phenoxy) is 1. The highest BCUT2D eigenvalue weighted by Crippen LogP contribution is 2.36. The van der Waals surface area contributed by atoms with Gasteiger partial charge in [0.15, 0.2) is 0 Å². The summed E-state index contributed by atoms with van der Waals surface area (Å²) < 4.78 is 6.20. The van der Waals surface area contributed by atoms with Crippen molar-refractivity contribution in [2.24, 2.45) is 0 Å². The number of para-hydroxylation sites is 2. The number of hydrogen-bond donors (Lipinski definition) is 3. The van der Waals surface area contributed by atoms with Crippen LogP contribution in [0.1, 0.15) is 31.9 Å². The molecule has 0 aliphatic heterocycles. The molecule has 3 N–H and O–H groups in total. The number of fused-ring (bicyclic) bond motifs is 1. The van der Waals surface area contributed by atoms with Gasteiger partial charge in [-0.15, -0.1) is 0 Å². The zero-order valence-corrected chi connectivity index (χ0v) is 16.7. The molecule has 0 unspecified atom stereocenters. The Hall–Kier alpha value is -3.38. The molecule has 2 aromatic heterocycles. The van der Waals surface area contributed by atoms with Gasteiger partial charge in [-0.2, -0.15) is 0 Å². The van der Waals surface area contributed by atoms with Gasteiger partial charge in [0.25, 0.3) is 0 Å². The Morgan fingerprint density at radius 3 is 2.66 bits per heavy atom. The number of pyridine rings is 1. The maximum atomic E-state index is 9.54. The zero-order chi connectivity index (χ0) is 20.4. The molecular weight excluding hydrogens is 364 g/mol. The number of benzene rings is 2. The number of anilines is 2. The third-order valence-electron chi connectivity index (χ3n) is 4.70. The second-order valence-electron chi connectivity index (χ2n) is 7.88. The van der Waals surface area contributed by atoms with E-state index < -0.39 is 0 Å². The number of nitrogens with zero attached hydrogens (tertiary/aromatic N) is 2. The van der Waals surface area contributed by atoms with E-state index in [4.69, 9.17) is 4.74 Å². The van der Waals surface area contributed by atoms with E-state index in [1.54, 1.807) is 6.20 Å². The van der Waals surface area contributed by atoms with Crippen molar-refractivity contribution >= 4 is 22.7 Å². The SMILES string of the molecule is CC(C)(C)c1ccccc1Oc1ncccc1Nc1nc2cccc(CO)c2[nH]1. The molecule has 0 bridgehead atoms. The molecule has 0 spiro atoms. The molecule has 6 nitrogen and oxygen atoms in total. The van der Waals surface area contributed by atoms with Crippen molar-refractivity contribution in [3.8, 4) is 11.6 Å². The average molecular weight is 388 g/mol. The van der Waals surface area contributed by atoms with Crippen LogP contribution in [-0.4, -0.2) is 20.1 Å². The van der Waals surface area contributed by atoms with Gasteiger partial charge in [0.1, 0.15) is 11.4 Å². The number of hydrogen-bond acceptors (Lipinski definition) is 5. The van der Waals surface area contributed by atoms with Crippen LogP contribution in [0.15, 0.2) is 60.8 Å². The number of aliphatic hydroxyl groups is 1. The molecule has 0 atom stereocenters. The summed E-state index contributed by atoms with van der Waals surface area (Å²) >= 11 is 0. The van der Waals surface area contributed by atoms with Crippen LogP contribution < -0.4 is 10.1 Å². The molecule has 4 rings (SSSR count). The monoisotopic (exact) mass is 388 g/mol. The van der Waals surface area contributed by atoms with Gasteiger partial charge >= 0.3 is 0 Å². The van der Waals surface area contributed by atoms with Crippen LogP contribution in [0.3, 0.4) is 0 Å². The van der Waals surface area contributed by atoms with Crippen LogP contribution in [0.5, 0.6) is 11.6 Å². The quantitative estimate of drug-likeness (QED) is 0.433. The fourth-order valence-electron chi connectivity index (χ4n) is 3.26. The Morgan fingerprint density at radius 2 is 1.86 bits per heavy atom. The summed E-state index contributed by atoms with van der Waals surface area (Å²) in [5, 5.41) is 12.8. The average Bonchev–Trinajstić information content (AvgIpc) is 3.11. The highest BCUT2D eigenvalue weighted by atomic mass is 16.5. The molecule has 6 heteroatoms. The lowest BCUT2D eigenvalue weighted by Gasteiger charge is -2.22. The van der Waals surface area contributed by atoms with Gasteiger partial charge in [-0.1, -0.05) is 51.1 Å². The Morgan fingerprint density at radius 1 is 1.03 bits per heavy atom. The summed E-state index contributed by atoms with van der Waals surface area (Å²) in [5.74, 6) is 1.80. The van der Waals surface area contributed by atoms with Crippen LogP contribution in [-0.2, 0) is 12.0 Å². The fourth-order valence-corrected chi connectivity index (χ4v) is 3.26. The maximum absolute atomic E-state index is 9.54. The molecule has 29 heavy (non-hydrogen) atoms. The van der Waals surface area contributed by atoms with Crippen LogP contribution in [0.4, 0.5) is 11.6 Å². The first-order valence-electron chi connectivity index (χ1n) is 9.53. The standard InChI is InChI=1S/C23H24N4O2/c1-23(2,3)16-9-4-5-12-19(16)29-21-18(11-7-13-24-21)26-22-25-17-10-6-8-15(14-28)20(17)27-22/h4-13,28H,14H2,1-3H3,(H2,25,26,27). The molecule has 0 saturated heterocycles. The van der Waals surface area contributed by atoms with Gasteiger partial charge < -0.3 is 20.1 Å². The first kappa shape index (κ1) is 19.0. The Kier molecular flexibility index (Phi) is 4.94. The van der Waals surface area contributed by atoms with E-state index in [2.05, 4.69) is 47.1 Å². The summed E-state index contributed by atoms with van der Waals surface area (Å²) in [6.45, 7) is 6.41. The number of H-pyrrole nitrogens is 1. The number of aliphatic hydroxyl groups excluding tert-OH is 1. The van der Waals surface area contributed by atoms with Crippen molar-refractivity contribution in [1.29, 1.82) is 0 Å². The minimum atomic E-state index is -0.0571. The van der Waals surface area contributed by atoms with Gasteiger partial charge in [-0.25, -0.2) is 9.97 Å². The number of aromatic nitrogens is 3. The van der Waals surface area contributed by atoms with Crippen LogP contribution in [0, 0.1) is 0 Å². The lowest BCUT2D eigenvalue weighted by atomic mass is 9.86. The van der Waals surface area contributed by atoms with Crippen molar-refractivity contribution in [2.45, 2.75) is 32.8 Å². The van der Waals surface area contributed by atoms with Crippen LogP contribution in [0.2, 0.25) is 0 Å². The first-order chi connectivity index (χ1) is 14.0. The number of rotatable bonds is 5. The number of imidazole rings is 1. The molecule has 148 valence electrons. The van der Waals surface area contributed by atoms with E-state index in [-0.39, 0.29) is 12.0 Å². The van der Waals surface area contributed by atoms with Gasteiger partial charge in [-0.05, 0) is 29.7 Å². The van der Waals surface area contributed by atoms with Gasteiger partial charge in [0, 0.05) is 17.3 Å². The minimum Gasteiger partial charge on any atom is -0.437 e. The molecule has 0 aliphatic rings. The smallest absolute Gasteiger partial charge is 0.243 e. The Bertz CT molecular complexity index is 1150. The highest BCUT2D eigenvalue weighted by molar-refractivity contribution is 5.81. The second kappa shape index (κ2) is 7.56. The normalized spacial score (nSPS) is 11.6. The van der Waals surface area contributed by atoms with E-state index in [0.717, 1.165) is 27.9 Å². The van der Waals surface area contributed by atoms with E-state index in [9.17, 15) is 5.11 Å². The molecular formula is C23H24N4O2. The van der Waals surface area contributed by atoms with Crippen molar-refractivity contribution < 1.29 is 9.84 Å². The largest absolute Gasteiger partial charge is 0.437 e. The maximum Gasteiger partial charge on any atom is 0.243 e. The first-order valence-corrected chi connectivity index (χ1v) is 9.53. The predicted octanol–water partition coefficient (Wildman–Crippen LogP) is 5.28. The molecule has 0 aliphatic carbocycles. The molecule has 0 radical (unpaired) electrons. The Balaban J connectivity index is 1.67. The van der Waals surface area contributed by atoms with Gasteiger partial charge in [0.05, 0.1) is 17.6 Å². The molecule has 0 fully saturated rings. The van der Waals surface area contributed by atoms with Crippen LogP contribution >= 0.6 is 0 Å². The fraction of sp³-hybridized carbons (Fsp3) is 0.217. The van der Waals surface area contributed by atoms with Gasteiger partial charge in [0.2, 0.25) is 11.8 Å². The van der Waals surface area contributed by atoms with E-state index >= 15 is 0 Å². The summed E-state index contributed by atoms with van der Waals surface area (Å²) in [6, 6.07) is 17.4. The third kappa shape index (κ3) is 3.93. The second-order valence-corrected chi connectivity index (χ2v) is 7.88. The van der Waals surface area contributed by atoms with Gasteiger partial charge in [-0.3, -0.25) is 0 Å². The summed E-state index contributed by atoms with van der Waals surface area (Å²) in [5.41, 5.74) is 4.13. The zero-order valence-electron chi connectivity index (χ0n) is 16.7. The summed E-state index contributed by atoms with van der Waals surface area (Å²) in [7, 11) is 0. The lowest BCUT2D eigenvalue weighted by molar-refractivity contribution is 0.283. The molecule has 4 aromatic rings. The third-order valence-corrected chi connectivity index (χ3v) is 4.70.